The second-order valence-electron chi connectivity index (χ2n) is 5.27. The average Bonchev–Trinajstić information content (AvgIpc) is 2.41. The molecule has 0 fully saturated rings. The van der Waals surface area contributed by atoms with Gasteiger partial charge in [0.25, 0.3) is 0 Å². The fourth-order valence-electron chi connectivity index (χ4n) is 2.31. The van der Waals surface area contributed by atoms with E-state index in [1.807, 2.05) is 25.1 Å². The van der Waals surface area contributed by atoms with Gasteiger partial charge in [-0.2, -0.15) is 0 Å². The summed E-state index contributed by atoms with van der Waals surface area (Å²) in [5.41, 5.74) is 0.949. The van der Waals surface area contributed by atoms with Crippen molar-refractivity contribution < 1.29 is 14.3 Å². The van der Waals surface area contributed by atoms with Crippen LogP contribution in [0, 0.1) is 12.7 Å². The van der Waals surface area contributed by atoms with Gasteiger partial charge in [-0.3, -0.25) is 4.79 Å². The summed E-state index contributed by atoms with van der Waals surface area (Å²) in [7, 11) is 0. The molecule has 0 aliphatic carbocycles. The fourth-order valence-corrected chi connectivity index (χ4v) is 2.31. The van der Waals surface area contributed by atoms with Crippen LogP contribution in [-0.2, 0) is 16.6 Å². The number of hydrogen-bond donors (Lipinski definition) is 1. The van der Waals surface area contributed by atoms with Crippen molar-refractivity contribution in [2.75, 3.05) is 0 Å². The smallest absolute Gasteiger partial charge is 0.314 e. The lowest BCUT2D eigenvalue weighted by Gasteiger charge is -2.26. The van der Waals surface area contributed by atoms with Gasteiger partial charge in [0.1, 0.15) is 5.82 Å². The zero-order valence-electron chi connectivity index (χ0n) is 11.6. The van der Waals surface area contributed by atoms with E-state index in [1.165, 1.54) is 6.07 Å². The lowest BCUT2D eigenvalue weighted by molar-refractivity contribution is -0.143. The quantitative estimate of drug-likeness (QED) is 0.921. The van der Waals surface area contributed by atoms with Crippen LogP contribution in [-0.4, -0.2) is 11.1 Å². The van der Waals surface area contributed by atoms with Gasteiger partial charge in [0.15, 0.2) is 0 Å². The Hall–Kier alpha value is -2.16. The Bertz CT molecular complexity index is 636. The molecule has 0 amide bonds. The first-order valence-corrected chi connectivity index (χ1v) is 6.47. The molecule has 1 unspecified atom stereocenters. The van der Waals surface area contributed by atoms with E-state index in [4.69, 9.17) is 0 Å². The molecule has 2 rings (SSSR count). The zero-order valence-corrected chi connectivity index (χ0v) is 11.6. The summed E-state index contributed by atoms with van der Waals surface area (Å²) >= 11 is 0. The van der Waals surface area contributed by atoms with Crippen molar-refractivity contribution in [3.05, 3.63) is 71.0 Å². The van der Waals surface area contributed by atoms with Gasteiger partial charge in [0.05, 0.1) is 5.41 Å². The third-order valence-electron chi connectivity index (χ3n) is 3.63. The minimum absolute atomic E-state index is 0.123. The lowest BCUT2D eigenvalue weighted by Crippen LogP contribution is -2.35. The van der Waals surface area contributed by atoms with Crippen LogP contribution in [0.5, 0.6) is 0 Å². The molecule has 2 nitrogen and oxygen atoms in total. The topological polar surface area (TPSA) is 37.3 Å². The Labute approximate surface area is 117 Å². The summed E-state index contributed by atoms with van der Waals surface area (Å²) in [6, 6.07) is 13.7. The SMILES string of the molecule is Cc1cccc(C(C)(Cc2ccccc2F)C(=O)O)c1. The Morgan fingerprint density at radius 2 is 1.90 bits per heavy atom. The Morgan fingerprint density at radius 3 is 2.50 bits per heavy atom. The van der Waals surface area contributed by atoms with Gasteiger partial charge in [0.2, 0.25) is 0 Å². The minimum Gasteiger partial charge on any atom is -0.481 e. The normalized spacial score (nSPS) is 13.8. The molecule has 1 N–H and O–H groups in total. The first kappa shape index (κ1) is 14.3. The number of rotatable bonds is 4. The molecule has 0 aliphatic heterocycles. The first-order valence-electron chi connectivity index (χ1n) is 6.47. The van der Waals surface area contributed by atoms with Crippen LogP contribution in [0.3, 0.4) is 0 Å². The van der Waals surface area contributed by atoms with Gasteiger partial charge in [-0.05, 0) is 37.5 Å². The summed E-state index contributed by atoms with van der Waals surface area (Å²) in [4.78, 5) is 11.7. The number of carboxylic acids is 1. The molecule has 0 spiro atoms. The molecule has 104 valence electrons. The van der Waals surface area contributed by atoms with Crippen molar-refractivity contribution in [2.45, 2.75) is 25.7 Å². The maximum absolute atomic E-state index is 13.8. The molecule has 0 aromatic heterocycles. The second kappa shape index (κ2) is 5.45. The van der Waals surface area contributed by atoms with Gasteiger partial charge < -0.3 is 5.11 Å². The molecule has 2 aromatic rings. The molecule has 20 heavy (non-hydrogen) atoms. The Kier molecular flexibility index (Phi) is 3.89. The molecule has 2 aromatic carbocycles. The summed E-state index contributed by atoms with van der Waals surface area (Å²) in [5.74, 6) is -1.32. The van der Waals surface area contributed by atoms with Crippen molar-refractivity contribution in [2.24, 2.45) is 0 Å². The molecule has 0 bridgehead atoms. The first-order chi connectivity index (χ1) is 9.43. The van der Waals surface area contributed by atoms with E-state index in [-0.39, 0.29) is 12.2 Å². The van der Waals surface area contributed by atoms with E-state index in [2.05, 4.69) is 0 Å². The van der Waals surface area contributed by atoms with E-state index in [0.717, 1.165) is 5.56 Å². The number of halogens is 1. The molecule has 1 atom stereocenters. The third-order valence-corrected chi connectivity index (χ3v) is 3.63. The van der Waals surface area contributed by atoms with Crippen molar-refractivity contribution in [1.29, 1.82) is 0 Å². The van der Waals surface area contributed by atoms with E-state index in [1.54, 1.807) is 31.2 Å². The van der Waals surface area contributed by atoms with Crippen molar-refractivity contribution in [3.63, 3.8) is 0 Å². The third kappa shape index (κ3) is 2.72. The van der Waals surface area contributed by atoms with E-state index < -0.39 is 11.4 Å². The summed E-state index contributed by atoms with van der Waals surface area (Å²) < 4.78 is 13.8. The van der Waals surface area contributed by atoms with Gasteiger partial charge in [-0.15, -0.1) is 0 Å². The summed E-state index contributed by atoms with van der Waals surface area (Å²) in [6.07, 6.45) is 0.123. The molecular formula is C17H17FO2. The van der Waals surface area contributed by atoms with Crippen LogP contribution in [0.15, 0.2) is 48.5 Å². The van der Waals surface area contributed by atoms with E-state index >= 15 is 0 Å². The highest BCUT2D eigenvalue weighted by Crippen LogP contribution is 2.30. The molecule has 0 saturated heterocycles. The number of benzene rings is 2. The minimum atomic E-state index is -1.14. The number of carboxylic acid groups (broad SMARTS) is 1. The van der Waals surface area contributed by atoms with Crippen molar-refractivity contribution in [3.8, 4) is 0 Å². The zero-order chi connectivity index (χ0) is 14.8. The van der Waals surface area contributed by atoms with Crippen LogP contribution >= 0.6 is 0 Å². The second-order valence-corrected chi connectivity index (χ2v) is 5.27. The lowest BCUT2D eigenvalue weighted by atomic mass is 9.77. The molecule has 3 heteroatoms. The monoisotopic (exact) mass is 272 g/mol. The number of aliphatic carboxylic acids is 1. The van der Waals surface area contributed by atoms with Crippen molar-refractivity contribution >= 4 is 5.97 Å². The van der Waals surface area contributed by atoms with Crippen molar-refractivity contribution in [1.82, 2.24) is 0 Å². The maximum atomic E-state index is 13.8. The maximum Gasteiger partial charge on any atom is 0.314 e. The summed E-state index contributed by atoms with van der Waals surface area (Å²) in [5, 5.41) is 9.61. The van der Waals surface area contributed by atoms with Gasteiger partial charge in [-0.25, -0.2) is 4.39 Å². The summed E-state index contributed by atoms with van der Waals surface area (Å²) in [6.45, 7) is 3.55. The number of carbonyl (C=O) groups is 1. The molecule has 0 aliphatic rings. The Balaban J connectivity index is 2.46. The van der Waals surface area contributed by atoms with E-state index in [0.29, 0.717) is 11.1 Å². The number of hydrogen-bond acceptors (Lipinski definition) is 1. The number of aryl methyl sites for hydroxylation is 1. The predicted octanol–water partition coefficient (Wildman–Crippen LogP) is 3.72. The van der Waals surface area contributed by atoms with Crippen LogP contribution in [0.4, 0.5) is 4.39 Å². The predicted molar refractivity (Wildman–Crippen MR) is 76.3 cm³/mol. The molecule has 0 heterocycles. The Morgan fingerprint density at radius 1 is 1.20 bits per heavy atom. The van der Waals surface area contributed by atoms with Gasteiger partial charge in [-0.1, -0.05) is 48.0 Å². The van der Waals surface area contributed by atoms with Crippen LogP contribution in [0.1, 0.15) is 23.6 Å². The standard InChI is InChI=1S/C17H17FO2/c1-12-6-5-8-14(10-12)17(2,16(19)20)11-13-7-3-4-9-15(13)18/h3-10H,11H2,1-2H3,(H,19,20). The highest BCUT2D eigenvalue weighted by Gasteiger charge is 2.36. The van der Waals surface area contributed by atoms with Gasteiger partial charge >= 0.3 is 5.97 Å². The van der Waals surface area contributed by atoms with Gasteiger partial charge in [0, 0.05) is 0 Å². The highest BCUT2D eigenvalue weighted by atomic mass is 19.1. The largest absolute Gasteiger partial charge is 0.481 e. The molecule has 0 radical (unpaired) electrons. The fraction of sp³-hybridized carbons (Fsp3) is 0.235. The van der Waals surface area contributed by atoms with E-state index in [9.17, 15) is 14.3 Å². The van der Waals surface area contributed by atoms with Crippen LogP contribution < -0.4 is 0 Å². The molecule has 0 saturated carbocycles. The average molecular weight is 272 g/mol. The highest BCUT2D eigenvalue weighted by molar-refractivity contribution is 5.81. The van der Waals surface area contributed by atoms with Crippen LogP contribution in [0.25, 0.3) is 0 Å². The van der Waals surface area contributed by atoms with Crippen LogP contribution in [0.2, 0.25) is 0 Å². The molecular weight excluding hydrogens is 255 g/mol.